The third-order valence-corrected chi connectivity index (χ3v) is 20.9. The second kappa shape index (κ2) is 21.7. The van der Waals surface area contributed by atoms with Gasteiger partial charge in [-0.2, -0.15) is 0 Å². The van der Waals surface area contributed by atoms with Crippen LogP contribution in [0.4, 0.5) is 0 Å². The monoisotopic (exact) mass is 388 g/mol. The summed E-state index contributed by atoms with van der Waals surface area (Å²) >= 11 is 0. The van der Waals surface area contributed by atoms with E-state index < -0.39 is 8.56 Å². The maximum absolute atomic E-state index is 5.95. The molecule has 1 nitrogen and oxygen atoms in total. The number of hydrogen-bond acceptors (Lipinski definition) is 1. The summed E-state index contributed by atoms with van der Waals surface area (Å²) in [7, 11) is 1.18. The molecule has 0 saturated carbocycles. The Morgan fingerprint density at radius 1 is 0.625 bits per heavy atom. The molecule has 24 heavy (non-hydrogen) atoms. The largest absolute Gasteiger partial charge is 0.425 e. The van der Waals surface area contributed by atoms with Crippen LogP contribution in [0.25, 0.3) is 0 Å². The first-order chi connectivity index (χ1) is 11.8. The van der Waals surface area contributed by atoms with Crippen molar-refractivity contribution in [3.8, 4) is 0 Å². The quantitative estimate of drug-likeness (QED) is 0.212. The highest BCUT2D eigenvalue weighted by Crippen LogP contribution is 2.14. The van der Waals surface area contributed by atoms with E-state index in [1.807, 2.05) is 0 Å². The van der Waals surface area contributed by atoms with Gasteiger partial charge in [0.1, 0.15) is 0 Å². The van der Waals surface area contributed by atoms with Gasteiger partial charge in [0, 0.05) is 15.2 Å². The van der Waals surface area contributed by atoms with Crippen molar-refractivity contribution in [1.29, 1.82) is 0 Å². The van der Waals surface area contributed by atoms with Gasteiger partial charge in [-0.25, -0.2) is 0 Å². The molecule has 0 aliphatic heterocycles. The first-order valence-electron chi connectivity index (χ1n) is 11.5. The smallest absolute Gasteiger partial charge is 0.154 e. The molecular weight excluding hydrogens is 340 g/mol. The Kier molecular flexibility index (Phi) is 22.2. The van der Waals surface area contributed by atoms with E-state index in [1.54, 1.807) is 0 Å². The standard InChI is InChI=1S/C20H48OSi3/c1-3-5-6-7-8-9-10-11-12-13-14-15-16-17-18-19-20-24(23-22)21-4-2/h24H,3-20,23H2,1-2,22H3. The minimum atomic E-state index is -0.605. The van der Waals surface area contributed by atoms with E-state index in [1.165, 1.54) is 119 Å². The summed E-state index contributed by atoms with van der Waals surface area (Å²) in [5.74, 6) is 0. The summed E-state index contributed by atoms with van der Waals surface area (Å²) < 4.78 is 5.95. The van der Waals surface area contributed by atoms with Crippen molar-refractivity contribution >= 4 is 26.9 Å². The zero-order valence-corrected chi connectivity index (χ0v) is 22.0. The highest BCUT2D eigenvalue weighted by molar-refractivity contribution is 7.29. The Morgan fingerprint density at radius 2 is 1.00 bits per heavy atom. The molecule has 146 valence electrons. The summed E-state index contributed by atoms with van der Waals surface area (Å²) in [6.07, 6.45) is 23.6. The molecule has 0 aromatic heterocycles. The Labute approximate surface area is 160 Å². The Balaban J connectivity index is 3.07. The summed E-state index contributed by atoms with van der Waals surface area (Å²) in [6.45, 7) is 5.47. The van der Waals surface area contributed by atoms with Gasteiger partial charge in [-0.15, -0.1) is 0 Å². The van der Waals surface area contributed by atoms with Crippen LogP contribution in [0.5, 0.6) is 0 Å². The molecular formula is C20H48OSi3. The van der Waals surface area contributed by atoms with Crippen LogP contribution in [0.3, 0.4) is 0 Å². The summed E-state index contributed by atoms with van der Waals surface area (Å²) in [6, 6.07) is 1.50. The summed E-state index contributed by atoms with van der Waals surface area (Å²) in [5.41, 5.74) is 0. The average Bonchev–Trinajstić information content (AvgIpc) is 2.60. The van der Waals surface area contributed by atoms with E-state index in [-0.39, 0.29) is 0 Å². The van der Waals surface area contributed by atoms with E-state index in [4.69, 9.17) is 4.43 Å². The minimum Gasteiger partial charge on any atom is -0.425 e. The second-order valence-electron chi connectivity index (χ2n) is 7.58. The fourth-order valence-electron chi connectivity index (χ4n) is 3.56. The summed E-state index contributed by atoms with van der Waals surface area (Å²) in [5, 5.41) is 0. The number of hydrogen-bond donors (Lipinski definition) is 0. The molecule has 0 aliphatic carbocycles. The van der Waals surface area contributed by atoms with Gasteiger partial charge in [0.25, 0.3) is 0 Å². The van der Waals surface area contributed by atoms with Crippen LogP contribution in [0.15, 0.2) is 0 Å². The molecule has 0 aromatic rings. The molecule has 0 N–H and O–H groups in total. The van der Waals surface area contributed by atoms with Crippen LogP contribution in [0.1, 0.15) is 117 Å². The van der Waals surface area contributed by atoms with Gasteiger partial charge < -0.3 is 4.43 Å². The fourth-order valence-corrected chi connectivity index (χ4v) is 14.9. The van der Waals surface area contributed by atoms with Gasteiger partial charge in [0.15, 0.2) is 8.56 Å². The molecule has 0 radical (unpaired) electrons. The van der Waals surface area contributed by atoms with E-state index in [2.05, 4.69) is 13.8 Å². The maximum atomic E-state index is 5.95. The zero-order chi connectivity index (χ0) is 17.7. The van der Waals surface area contributed by atoms with E-state index in [9.17, 15) is 0 Å². The number of unbranched alkanes of at least 4 members (excludes halogenated alkanes) is 15. The molecule has 1 unspecified atom stereocenters. The van der Waals surface area contributed by atoms with Gasteiger partial charge in [-0.1, -0.05) is 110 Å². The molecule has 0 fully saturated rings. The van der Waals surface area contributed by atoms with Gasteiger partial charge >= 0.3 is 0 Å². The van der Waals surface area contributed by atoms with Crippen LogP contribution < -0.4 is 0 Å². The molecule has 0 heterocycles. The number of rotatable bonds is 20. The molecule has 0 saturated heterocycles. The topological polar surface area (TPSA) is 9.23 Å². The van der Waals surface area contributed by atoms with Crippen molar-refractivity contribution in [2.45, 2.75) is 123 Å². The second-order valence-corrected chi connectivity index (χ2v) is 23.1. The lowest BCUT2D eigenvalue weighted by atomic mass is 10.0. The Bertz CT molecular complexity index is 227. The fraction of sp³-hybridized carbons (Fsp3) is 1.00. The van der Waals surface area contributed by atoms with Crippen LogP contribution >= 0.6 is 0 Å². The maximum Gasteiger partial charge on any atom is 0.154 e. The van der Waals surface area contributed by atoms with E-state index in [0.717, 1.165) is 6.61 Å². The highest BCUT2D eigenvalue weighted by Gasteiger charge is 2.07. The predicted octanol–water partition coefficient (Wildman–Crippen LogP) is 4.95. The zero-order valence-electron chi connectivity index (χ0n) is 17.4. The van der Waals surface area contributed by atoms with Crippen molar-refractivity contribution in [1.82, 2.24) is 0 Å². The van der Waals surface area contributed by atoms with Gasteiger partial charge in [0.05, 0.1) is 0 Å². The normalized spacial score (nSPS) is 13.2. The average molecular weight is 389 g/mol. The molecule has 0 aromatic carbocycles. The third-order valence-electron chi connectivity index (χ3n) is 5.24. The summed E-state index contributed by atoms with van der Waals surface area (Å²) in [4.78, 5) is 0. The SMILES string of the molecule is CCCCCCCCCCCCCCCCCC[SiH](OCC)[SiH2][SiH3]. The predicted molar refractivity (Wildman–Crippen MR) is 122 cm³/mol. The van der Waals surface area contributed by atoms with Crippen LogP contribution in [0, 0.1) is 0 Å². The molecule has 4 heteroatoms. The van der Waals surface area contributed by atoms with Crippen LogP contribution in [0.2, 0.25) is 6.04 Å². The third kappa shape index (κ3) is 18.9. The van der Waals surface area contributed by atoms with Crippen molar-refractivity contribution in [2.24, 2.45) is 0 Å². The highest BCUT2D eigenvalue weighted by atomic mass is 29.5. The van der Waals surface area contributed by atoms with Gasteiger partial charge in [0.2, 0.25) is 0 Å². The lowest BCUT2D eigenvalue weighted by Gasteiger charge is -2.12. The lowest BCUT2D eigenvalue weighted by Crippen LogP contribution is -2.26. The molecule has 0 bridgehead atoms. The van der Waals surface area contributed by atoms with Gasteiger partial charge in [-0.3, -0.25) is 0 Å². The van der Waals surface area contributed by atoms with Crippen molar-refractivity contribution in [2.75, 3.05) is 6.61 Å². The molecule has 0 amide bonds. The van der Waals surface area contributed by atoms with Gasteiger partial charge in [-0.05, 0) is 22.7 Å². The first kappa shape index (κ1) is 24.6. The van der Waals surface area contributed by atoms with E-state index >= 15 is 0 Å². The lowest BCUT2D eigenvalue weighted by molar-refractivity contribution is 0.352. The van der Waals surface area contributed by atoms with Crippen molar-refractivity contribution < 1.29 is 4.43 Å². The minimum absolute atomic E-state index is 0.307. The first-order valence-corrected chi connectivity index (χ1v) is 21.7. The molecule has 0 aliphatic rings. The van der Waals surface area contributed by atoms with E-state index in [0.29, 0.717) is 8.55 Å². The Morgan fingerprint density at radius 3 is 1.33 bits per heavy atom. The molecule has 0 rings (SSSR count). The van der Waals surface area contributed by atoms with Crippen molar-refractivity contribution in [3.63, 3.8) is 0 Å². The van der Waals surface area contributed by atoms with Crippen molar-refractivity contribution in [3.05, 3.63) is 0 Å². The molecule has 1 atom stereocenters. The Hall–Kier alpha value is 0.611. The van der Waals surface area contributed by atoms with Crippen LogP contribution in [-0.4, -0.2) is 33.5 Å². The molecule has 0 spiro atoms. The van der Waals surface area contributed by atoms with Crippen LogP contribution in [-0.2, 0) is 4.43 Å².